The van der Waals surface area contributed by atoms with Crippen LogP contribution in [0.1, 0.15) is 44.2 Å². The summed E-state index contributed by atoms with van der Waals surface area (Å²) in [6.45, 7) is 3.00. The van der Waals surface area contributed by atoms with Crippen LogP contribution in [0.2, 0.25) is 0 Å². The summed E-state index contributed by atoms with van der Waals surface area (Å²) in [7, 11) is 0. The second-order valence-electron chi connectivity index (χ2n) is 5.35. The van der Waals surface area contributed by atoms with E-state index in [-0.39, 0.29) is 24.4 Å². The lowest BCUT2D eigenvalue weighted by molar-refractivity contribution is -0.121. The normalized spacial score (nSPS) is 17.2. The molecule has 0 bridgehead atoms. The van der Waals surface area contributed by atoms with E-state index in [2.05, 4.69) is 12.2 Å². The number of carbonyl (C=O) groups is 1. The van der Waals surface area contributed by atoms with Crippen molar-refractivity contribution in [2.24, 2.45) is 11.1 Å². The molecule has 1 amide bonds. The van der Waals surface area contributed by atoms with Gasteiger partial charge in [-0.15, -0.1) is 12.4 Å². The van der Waals surface area contributed by atoms with Gasteiger partial charge in [-0.05, 0) is 30.2 Å². The molecule has 1 unspecified atom stereocenters. The molecule has 1 aliphatic carbocycles. The highest BCUT2D eigenvalue weighted by Gasteiger charge is 2.40. The zero-order chi connectivity index (χ0) is 13.0. The molecule has 106 valence electrons. The molecular weight excluding hydrogens is 260 g/mol. The minimum atomic E-state index is -0.206. The van der Waals surface area contributed by atoms with Gasteiger partial charge in [-0.25, -0.2) is 0 Å². The topological polar surface area (TPSA) is 55.1 Å². The van der Waals surface area contributed by atoms with E-state index in [1.165, 1.54) is 12.8 Å². The minimum Gasteiger partial charge on any atom is -0.355 e. The zero-order valence-corrected chi connectivity index (χ0v) is 12.2. The van der Waals surface area contributed by atoms with Crippen molar-refractivity contribution in [3.63, 3.8) is 0 Å². The van der Waals surface area contributed by atoms with E-state index in [9.17, 15) is 4.79 Å². The van der Waals surface area contributed by atoms with Crippen molar-refractivity contribution in [3.05, 3.63) is 35.9 Å². The van der Waals surface area contributed by atoms with Crippen LogP contribution in [0.5, 0.6) is 0 Å². The van der Waals surface area contributed by atoms with Crippen LogP contribution in [-0.2, 0) is 4.79 Å². The molecule has 2 rings (SSSR count). The van der Waals surface area contributed by atoms with E-state index < -0.39 is 0 Å². The minimum absolute atomic E-state index is 0. The van der Waals surface area contributed by atoms with Crippen molar-refractivity contribution in [1.29, 1.82) is 0 Å². The maximum atomic E-state index is 11.8. The van der Waals surface area contributed by atoms with Crippen LogP contribution in [0.3, 0.4) is 0 Å². The van der Waals surface area contributed by atoms with Gasteiger partial charge >= 0.3 is 0 Å². The Morgan fingerprint density at radius 2 is 2.00 bits per heavy atom. The van der Waals surface area contributed by atoms with E-state index in [1.807, 2.05) is 30.3 Å². The van der Waals surface area contributed by atoms with Gasteiger partial charge in [0, 0.05) is 19.0 Å². The second-order valence-corrected chi connectivity index (χ2v) is 5.35. The Hall–Kier alpha value is -1.06. The van der Waals surface area contributed by atoms with Crippen molar-refractivity contribution in [2.45, 2.75) is 38.6 Å². The standard InChI is InChI=1S/C15H22N2O.ClH/c1-2-15(8-9-15)11-17-14(18)10-13(16)12-6-4-3-5-7-12;/h3-7,13H,2,8-11,16H2,1H3,(H,17,18);1H. The first-order valence-electron chi connectivity index (χ1n) is 6.72. The van der Waals surface area contributed by atoms with Crippen molar-refractivity contribution in [1.82, 2.24) is 5.32 Å². The first-order valence-corrected chi connectivity index (χ1v) is 6.72. The highest BCUT2D eigenvalue weighted by molar-refractivity contribution is 5.85. The molecule has 1 aromatic carbocycles. The summed E-state index contributed by atoms with van der Waals surface area (Å²) < 4.78 is 0. The maximum absolute atomic E-state index is 11.8. The van der Waals surface area contributed by atoms with Crippen LogP contribution in [0.25, 0.3) is 0 Å². The fourth-order valence-corrected chi connectivity index (χ4v) is 2.21. The Bertz CT molecular complexity index is 404. The molecule has 4 heteroatoms. The highest BCUT2D eigenvalue weighted by Crippen LogP contribution is 2.47. The molecule has 0 aliphatic heterocycles. The van der Waals surface area contributed by atoms with Gasteiger partial charge in [0.1, 0.15) is 0 Å². The molecule has 0 aromatic heterocycles. The Labute approximate surface area is 121 Å². The Morgan fingerprint density at radius 1 is 1.37 bits per heavy atom. The van der Waals surface area contributed by atoms with Gasteiger partial charge < -0.3 is 11.1 Å². The smallest absolute Gasteiger partial charge is 0.221 e. The number of hydrogen-bond donors (Lipinski definition) is 2. The molecule has 0 saturated heterocycles. The molecule has 0 spiro atoms. The molecule has 19 heavy (non-hydrogen) atoms. The van der Waals surface area contributed by atoms with E-state index in [4.69, 9.17) is 5.73 Å². The number of carbonyl (C=O) groups excluding carboxylic acids is 1. The number of halogens is 1. The summed E-state index contributed by atoms with van der Waals surface area (Å²) in [4.78, 5) is 11.8. The van der Waals surface area contributed by atoms with Crippen LogP contribution in [0, 0.1) is 5.41 Å². The fourth-order valence-electron chi connectivity index (χ4n) is 2.21. The molecule has 0 radical (unpaired) electrons. The average molecular weight is 283 g/mol. The van der Waals surface area contributed by atoms with Gasteiger partial charge in [-0.1, -0.05) is 37.3 Å². The monoisotopic (exact) mass is 282 g/mol. The van der Waals surface area contributed by atoms with Gasteiger partial charge in [0.2, 0.25) is 5.91 Å². The van der Waals surface area contributed by atoms with Gasteiger partial charge in [0.05, 0.1) is 0 Å². The first kappa shape index (κ1) is 16.0. The molecule has 3 nitrogen and oxygen atoms in total. The largest absolute Gasteiger partial charge is 0.355 e. The number of nitrogens with two attached hydrogens (primary N) is 1. The summed E-state index contributed by atoms with van der Waals surface area (Å²) in [6.07, 6.45) is 4.00. The molecule has 1 saturated carbocycles. The number of hydrogen-bond acceptors (Lipinski definition) is 2. The summed E-state index contributed by atoms with van der Waals surface area (Å²) in [5.41, 5.74) is 7.44. The second kappa shape index (κ2) is 6.92. The zero-order valence-electron chi connectivity index (χ0n) is 11.4. The molecular formula is C15H23ClN2O. The third-order valence-corrected chi connectivity index (χ3v) is 4.00. The molecule has 0 heterocycles. The quantitative estimate of drug-likeness (QED) is 0.843. The van der Waals surface area contributed by atoms with E-state index in [1.54, 1.807) is 0 Å². The third kappa shape index (κ3) is 4.51. The fraction of sp³-hybridized carbons (Fsp3) is 0.533. The summed E-state index contributed by atoms with van der Waals surface area (Å²) in [5, 5.41) is 3.02. The van der Waals surface area contributed by atoms with E-state index >= 15 is 0 Å². The molecule has 1 aliphatic rings. The van der Waals surface area contributed by atoms with Gasteiger partial charge in [0.15, 0.2) is 0 Å². The number of rotatable bonds is 6. The maximum Gasteiger partial charge on any atom is 0.221 e. The SMILES string of the molecule is CCC1(CNC(=O)CC(N)c2ccccc2)CC1.Cl. The van der Waals surface area contributed by atoms with Gasteiger partial charge in [-0.2, -0.15) is 0 Å². The lowest BCUT2D eigenvalue weighted by Crippen LogP contribution is -2.32. The predicted molar refractivity (Wildman–Crippen MR) is 80.2 cm³/mol. The lowest BCUT2D eigenvalue weighted by atomic mass is 10.0. The Balaban J connectivity index is 0.00000180. The van der Waals surface area contributed by atoms with Gasteiger partial charge in [0.25, 0.3) is 0 Å². The van der Waals surface area contributed by atoms with Crippen LogP contribution < -0.4 is 11.1 Å². The first-order chi connectivity index (χ1) is 8.65. The van der Waals surface area contributed by atoms with E-state index in [0.29, 0.717) is 11.8 Å². The number of amides is 1. The van der Waals surface area contributed by atoms with Crippen LogP contribution in [0.4, 0.5) is 0 Å². The predicted octanol–water partition coefficient (Wildman–Crippen LogP) is 2.80. The van der Waals surface area contributed by atoms with Crippen LogP contribution in [-0.4, -0.2) is 12.5 Å². The van der Waals surface area contributed by atoms with E-state index in [0.717, 1.165) is 18.5 Å². The van der Waals surface area contributed by atoms with Crippen LogP contribution in [0.15, 0.2) is 30.3 Å². The number of benzene rings is 1. The average Bonchev–Trinajstić information content (AvgIpc) is 3.18. The summed E-state index contributed by atoms with van der Waals surface area (Å²) in [6, 6.07) is 9.57. The molecule has 1 fully saturated rings. The van der Waals surface area contributed by atoms with Crippen molar-refractivity contribution >= 4 is 18.3 Å². The summed E-state index contributed by atoms with van der Waals surface area (Å²) >= 11 is 0. The van der Waals surface area contributed by atoms with Gasteiger partial charge in [-0.3, -0.25) is 4.79 Å². The highest BCUT2D eigenvalue weighted by atomic mass is 35.5. The van der Waals surface area contributed by atoms with Crippen molar-refractivity contribution in [2.75, 3.05) is 6.54 Å². The lowest BCUT2D eigenvalue weighted by Gasteiger charge is -2.15. The summed E-state index contributed by atoms with van der Waals surface area (Å²) in [5.74, 6) is 0.0612. The molecule has 1 atom stereocenters. The van der Waals surface area contributed by atoms with Crippen molar-refractivity contribution in [3.8, 4) is 0 Å². The van der Waals surface area contributed by atoms with Crippen molar-refractivity contribution < 1.29 is 4.79 Å². The van der Waals surface area contributed by atoms with Crippen LogP contribution >= 0.6 is 12.4 Å². The third-order valence-electron chi connectivity index (χ3n) is 4.00. The Kier molecular flexibility index (Phi) is 5.83. The number of nitrogens with one attached hydrogen (secondary N) is 1. The Morgan fingerprint density at radius 3 is 2.53 bits per heavy atom. The molecule has 3 N–H and O–H groups in total. The molecule has 1 aromatic rings.